The highest BCUT2D eigenvalue weighted by atomic mass is 16.5. The van der Waals surface area contributed by atoms with E-state index in [-0.39, 0.29) is 6.04 Å². The van der Waals surface area contributed by atoms with Crippen molar-refractivity contribution in [1.82, 2.24) is 5.16 Å². The maximum Gasteiger partial charge on any atom is 0.157 e. The fourth-order valence-electron chi connectivity index (χ4n) is 1.83. The van der Waals surface area contributed by atoms with E-state index in [0.717, 1.165) is 22.6 Å². The molecule has 2 rings (SSSR count). The topological polar surface area (TPSA) is 52.0 Å². The molecule has 0 amide bonds. The van der Waals surface area contributed by atoms with Gasteiger partial charge >= 0.3 is 0 Å². The first-order valence-electron chi connectivity index (χ1n) is 5.88. The van der Waals surface area contributed by atoms with Crippen LogP contribution in [0.5, 0.6) is 0 Å². The molecule has 90 valence electrons. The number of hydrogen-bond donors (Lipinski definition) is 1. The molecular weight excluding hydrogens is 212 g/mol. The summed E-state index contributed by atoms with van der Waals surface area (Å²) in [5.41, 5.74) is 9.09. The van der Waals surface area contributed by atoms with E-state index >= 15 is 0 Å². The summed E-state index contributed by atoms with van der Waals surface area (Å²) in [6.45, 7) is 6.17. The van der Waals surface area contributed by atoms with Crippen molar-refractivity contribution in [1.29, 1.82) is 0 Å². The molecule has 0 aliphatic carbocycles. The second-order valence-corrected chi connectivity index (χ2v) is 4.66. The van der Waals surface area contributed by atoms with Gasteiger partial charge in [-0.25, -0.2) is 0 Å². The van der Waals surface area contributed by atoms with Crippen LogP contribution in [0.15, 0.2) is 34.9 Å². The average molecular weight is 230 g/mol. The predicted octanol–water partition coefficient (Wildman–Crippen LogP) is 3.31. The van der Waals surface area contributed by atoms with Gasteiger partial charge in [-0.2, -0.15) is 0 Å². The molecule has 3 nitrogen and oxygen atoms in total. The van der Waals surface area contributed by atoms with Crippen LogP contribution in [0.1, 0.15) is 31.2 Å². The Morgan fingerprint density at radius 3 is 2.41 bits per heavy atom. The van der Waals surface area contributed by atoms with Crippen molar-refractivity contribution in [2.45, 2.75) is 26.8 Å². The molecule has 0 bridgehead atoms. The molecule has 17 heavy (non-hydrogen) atoms. The maximum absolute atomic E-state index is 6.10. The first-order valence-corrected chi connectivity index (χ1v) is 5.88. The molecule has 3 heteroatoms. The van der Waals surface area contributed by atoms with Crippen LogP contribution in [0.25, 0.3) is 11.3 Å². The third-order valence-corrected chi connectivity index (χ3v) is 3.03. The molecule has 1 unspecified atom stereocenters. The summed E-state index contributed by atoms with van der Waals surface area (Å²) < 4.78 is 5.40. The van der Waals surface area contributed by atoms with Crippen LogP contribution in [0.4, 0.5) is 0 Å². The highest BCUT2D eigenvalue weighted by Crippen LogP contribution is 2.29. The summed E-state index contributed by atoms with van der Waals surface area (Å²) in [5, 5.41) is 4.13. The highest BCUT2D eigenvalue weighted by Gasteiger charge is 2.21. The van der Waals surface area contributed by atoms with E-state index in [4.69, 9.17) is 10.3 Å². The molecule has 0 fully saturated rings. The summed E-state index contributed by atoms with van der Waals surface area (Å²) in [5.74, 6) is 1.13. The van der Waals surface area contributed by atoms with Crippen molar-refractivity contribution in [2.24, 2.45) is 11.7 Å². The highest BCUT2D eigenvalue weighted by molar-refractivity contribution is 5.63. The van der Waals surface area contributed by atoms with E-state index < -0.39 is 0 Å². The number of rotatable bonds is 3. The van der Waals surface area contributed by atoms with Gasteiger partial charge < -0.3 is 10.3 Å². The van der Waals surface area contributed by atoms with Crippen molar-refractivity contribution in [3.63, 3.8) is 0 Å². The van der Waals surface area contributed by atoms with Gasteiger partial charge in [-0.1, -0.05) is 49.3 Å². The quantitative estimate of drug-likeness (QED) is 0.880. The van der Waals surface area contributed by atoms with Crippen LogP contribution in [-0.2, 0) is 0 Å². The van der Waals surface area contributed by atoms with Crippen LogP contribution in [0.2, 0.25) is 0 Å². The van der Waals surface area contributed by atoms with Gasteiger partial charge in [-0.05, 0) is 12.8 Å². The zero-order valence-corrected chi connectivity index (χ0v) is 10.5. The summed E-state index contributed by atoms with van der Waals surface area (Å²) in [6, 6.07) is 9.92. The van der Waals surface area contributed by atoms with Crippen LogP contribution >= 0.6 is 0 Å². The zero-order chi connectivity index (χ0) is 12.4. The number of nitrogens with two attached hydrogens (primary N) is 1. The predicted molar refractivity (Wildman–Crippen MR) is 68.4 cm³/mol. The van der Waals surface area contributed by atoms with Gasteiger partial charge in [0, 0.05) is 11.1 Å². The number of hydrogen-bond acceptors (Lipinski definition) is 3. The molecule has 0 aliphatic rings. The van der Waals surface area contributed by atoms with E-state index in [1.54, 1.807) is 0 Å². The molecule has 2 aromatic rings. The third-order valence-electron chi connectivity index (χ3n) is 3.03. The minimum absolute atomic E-state index is 0.0973. The summed E-state index contributed by atoms with van der Waals surface area (Å²) in [6.07, 6.45) is 0. The Kier molecular flexibility index (Phi) is 3.29. The van der Waals surface area contributed by atoms with Gasteiger partial charge in [0.05, 0.1) is 6.04 Å². The Morgan fingerprint density at radius 2 is 1.82 bits per heavy atom. The lowest BCUT2D eigenvalue weighted by molar-refractivity contribution is 0.332. The Bertz CT molecular complexity index is 488. The Hall–Kier alpha value is -1.61. The standard InChI is InChI=1S/C14H18N2O/c1-9(2)12(15)14-10(3)13(16-17-14)11-7-5-4-6-8-11/h4-9,12H,15H2,1-3H3. The number of benzene rings is 1. The van der Waals surface area contributed by atoms with E-state index in [9.17, 15) is 0 Å². The van der Waals surface area contributed by atoms with Gasteiger partial charge in [-0.3, -0.25) is 0 Å². The molecule has 1 aromatic heterocycles. The van der Waals surface area contributed by atoms with Gasteiger partial charge in [0.15, 0.2) is 5.76 Å². The van der Waals surface area contributed by atoms with E-state index in [2.05, 4.69) is 19.0 Å². The van der Waals surface area contributed by atoms with E-state index in [0.29, 0.717) is 5.92 Å². The lowest BCUT2D eigenvalue weighted by Crippen LogP contribution is -2.16. The maximum atomic E-state index is 6.10. The fraction of sp³-hybridized carbons (Fsp3) is 0.357. The Labute approximate surface area is 102 Å². The van der Waals surface area contributed by atoms with Crippen molar-refractivity contribution in [3.8, 4) is 11.3 Å². The second-order valence-electron chi connectivity index (χ2n) is 4.66. The Balaban J connectivity index is 2.40. The van der Waals surface area contributed by atoms with Gasteiger partial charge in [0.2, 0.25) is 0 Å². The first-order chi connectivity index (χ1) is 8.11. The number of aromatic nitrogens is 1. The van der Waals surface area contributed by atoms with Crippen LogP contribution in [0, 0.1) is 12.8 Å². The molecular formula is C14H18N2O. The lowest BCUT2D eigenvalue weighted by Gasteiger charge is -2.12. The fourth-order valence-corrected chi connectivity index (χ4v) is 1.83. The molecule has 0 spiro atoms. The summed E-state index contributed by atoms with van der Waals surface area (Å²) >= 11 is 0. The molecule has 0 saturated carbocycles. The molecule has 2 N–H and O–H groups in total. The number of nitrogens with zero attached hydrogens (tertiary/aromatic N) is 1. The Morgan fingerprint density at radius 1 is 1.18 bits per heavy atom. The van der Waals surface area contributed by atoms with E-state index in [1.807, 2.05) is 37.3 Å². The van der Waals surface area contributed by atoms with Crippen molar-refractivity contribution in [2.75, 3.05) is 0 Å². The normalized spacial score (nSPS) is 13.0. The third kappa shape index (κ3) is 2.24. The average Bonchev–Trinajstić information content (AvgIpc) is 2.71. The van der Waals surface area contributed by atoms with Crippen molar-refractivity contribution in [3.05, 3.63) is 41.7 Å². The van der Waals surface area contributed by atoms with E-state index in [1.165, 1.54) is 0 Å². The largest absolute Gasteiger partial charge is 0.359 e. The summed E-state index contributed by atoms with van der Waals surface area (Å²) in [4.78, 5) is 0. The molecule has 0 saturated heterocycles. The van der Waals surface area contributed by atoms with Crippen molar-refractivity contribution >= 4 is 0 Å². The van der Waals surface area contributed by atoms with Crippen LogP contribution in [0.3, 0.4) is 0 Å². The van der Waals surface area contributed by atoms with Gasteiger partial charge in [0.25, 0.3) is 0 Å². The monoisotopic (exact) mass is 230 g/mol. The van der Waals surface area contributed by atoms with Crippen LogP contribution < -0.4 is 5.73 Å². The van der Waals surface area contributed by atoms with Crippen molar-refractivity contribution < 1.29 is 4.52 Å². The molecule has 1 heterocycles. The second kappa shape index (κ2) is 4.72. The molecule has 1 atom stereocenters. The van der Waals surface area contributed by atoms with Gasteiger partial charge in [-0.15, -0.1) is 0 Å². The smallest absolute Gasteiger partial charge is 0.157 e. The van der Waals surface area contributed by atoms with Gasteiger partial charge in [0.1, 0.15) is 5.69 Å². The minimum Gasteiger partial charge on any atom is -0.359 e. The SMILES string of the molecule is Cc1c(-c2ccccc2)noc1C(N)C(C)C. The molecule has 0 radical (unpaired) electrons. The summed E-state index contributed by atoms with van der Waals surface area (Å²) in [7, 11) is 0. The minimum atomic E-state index is -0.0973. The van der Waals surface area contributed by atoms with Crippen LogP contribution in [-0.4, -0.2) is 5.16 Å². The zero-order valence-electron chi connectivity index (χ0n) is 10.5. The molecule has 1 aromatic carbocycles. The lowest BCUT2D eigenvalue weighted by atomic mass is 9.98. The first kappa shape index (κ1) is 11.9. The molecule has 0 aliphatic heterocycles.